The Labute approximate surface area is 235 Å². The predicted molar refractivity (Wildman–Crippen MR) is 162 cm³/mol. The molecule has 1 saturated heterocycles. The van der Waals surface area contributed by atoms with Crippen molar-refractivity contribution in [3.8, 4) is 5.75 Å². The fourth-order valence-corrected chi connectivity index (χ4v) is 4.86. The number of likely N-dealkylation sites (tertiary alicyclic amines) is 1. The number of carbonyl (C=O) groups is 1. The number of phenolic OH excluding ortho intramolecular Hbond substituents is 1. The summed E-state index contributed by atoms with van der Waals surface area (Å²) in [6, 6.07) is 28.7. The monoisotopic (exact) mass is 534 g/mol. The molecule has 38 heavy (non-hydrogen) atoms. The minimum absolute atomic E-state index is 0. The van der Waals surface area contributed by atoms with Crippen LogP contribution in [-0.2, 0) is 10.2 Å². The molecule has 204 valence electrons. The van der Waals surface area contributed by atoms with Gasteiger partial charge in [0.05, 0.1) is 5.41 Å². The number of likely N-dealkylation sites (N-methyl/N-ethyl adjacent to an activating group) is 1. The van der Waals surface area contributed by atoms with Gasteiger partial charge in [0.15, 0.2) is 0 Å². The Morgan fingerprint density at radius 2 is 1.47 bits per heavy atom. The van der Waals surface area contributed by atoms with Crippen molar-refractivity contribution in [1.82, 2.24) is 9.80 Å². The summed E-state index contributed by atoms with van der Waals surface area (Å²) in [7, 11) is 6.30. The first-order valence-corrected chi connectivity index (χ1v) is 13.3. The molecule has 0 amide bonds. The summed E-state index contributed by atoms with van der Waals surface area (Å²) >= 11 is 0. The lowest BCUT2D eigenvalue weighted by atomic mass is 9.69. The average Bonchev–Trinajstić information content (AvgIpc) is 2.93. The first-order chi connectivity index (χ1) is 17.8. The van der Waals surface area contributed by atoms with Crippen molar-refractivity contribution in [1.29, 1.82) is 0 Å². The van der Waals surface area contributed by atoms with Crippen LogP contribution in [0.2, 0.25) is 0 Å². The van der Waals surface area contributed by atoms with Gasteiger partial charge >= 0.3 is 0 Å². The van der Waals surface area contributed by atoms with E-state index in [0.29, 0.717) is 18.2 Å². The van der Waals surface area contributed by atoms with E-state index in [9.17, 15) is 9.90 Å². The normalized spacial score (nSPS) is 15.4. The first-order valence-electron chi connectivity index (χ1n) is 13.3. The van der Waals surface area contributed by atoms with Gasteiger partial charge in [-0.3, -0.25) is 4.79 Å². The minimum Gasteiger partial charge on any atom is -0.508 e. The number of carbonyl (C=O) groups excluding carboxylic acids is 1. The number of ketones is 1. The number of aromatic hydroxyl groups is 1. The summed E-state index contributed by atoms with van der Waals surface area (Å²) in [6.07, 6.45) is 4.57. The number of Topliss-reactive ketones (excluding diaryl/α,β-unsaturated/α-hetero) is 1. The number of benzene rings is 3. The molecule has 1 heterocycles. The van der Waals surface area contributed by atoms with E-state index in [1.807, 2.05) is 19.1 Å². The molecule has 1 atom stereocenters. The Morgan fingerprint density at radius 3 is 1.92 bits per heavy atom. The molecule has 0 aliphatic carbocycles. The maximum Gasteiger partial charge on any atom is 0.143 e. The second-order valence-electron chi connectivity index (χ2n) is 10.2. The molecule has 1 aliphatic rings. The SMILES string of the molecule is CC(C=C(c1ccccc1)c1ccccc1)N(C)C.CCC(=O)C1(c2cccc(O)c2)CCN(C)CC1.Cl. The second-order valence-corrected chi connectivity index (χ2v) is 10.2. The summed E-state index contributed by atoms with van der Waals surface area (Å²) in [5, 5.41) is 9.64. The van der Waals surface area contributed by atoms with Gasteiger partial charge in [-0.2, -0.15) is 0 Å². The van der Waals surface area contributed by atoms with E-state index < -0.39 is 0 Å². The Morgan fingerprint density at radius 1 is 0.947 bits per heavy atom. The third-order valence-electron chi connectivity index (χ3n) is 7.49. The van der Waals surface area contributed by atoms with E-state index in [0.717, 1.165) is 31.5 Å². The van der Waals surface area contributed by atoms with Crippen LogP contribution in [0.1, 0.15) is 49.8 Å². The molecule has 4 nitrogen and oxygen atoms in total. The number of phenols is 1. The molecule has 4 rings (SSSR count). The van der Waals surface area contributed by atoms with E-state index in [1.54, 1.807) is 12.1 Å². The van der Waals surface area contributed by atoms with Gasteiger partial charge in [0.2, 0.25) is 0 Å². The highest BCUT2D eigenvalue weighted by molar-refractivity contribution is 5.90. The fraction of sp³-hybridized carbons (Fsp3) is 0.364. The summed E-state index contributed by atoms with van der Waals surface area (Å²) in [6.45, 7) is 6.00. The molecule has 3 aromatic carbocycles. The van der Waals surface area contributed by atoms with Crippen LogP contribution >= 0.6 is 12.4 Å². The molecule has 1 unspecified atom stereocenters. The Hall–Kier alpha value is -2.92. The zero-order chi connectivity index (χ0) is 26.8. The number of hydrogen-bond donors (Lipinski definition) is 1. The van der Waals surface area contributed by atoms with Gasteiger partial charge in [-0.05, 0) is 88.4 Å². The largest absolute Gasteiger partial charge is 0.508 e. The van der Waals surface area contributed by atoms with Crippen LogP contribution < -0.4 is 0 Å². The topological polar surface area (TPSA) is 43.8 Å². The summed E-state index contributed by atoms with van der Waals surface area (Å²) in [5.74, 6) is 0.538. The lowest BCUT2D eigenvalue weighted by Gasteiger charge is -2.40. The number of nitrogens with zero attached hydrogens (tertiary/aromatic N) is 2. The molecule has 0 saturated carbocycles. The molecule has 0 spiro atoms. The highest BCUT2D eigenvalue weighted by atomic mass is 35.5. The lowest BCUT2D eigenvalue weighted by Crippen LogP contribution is -2.45. The Bertz CT molecular complexity index is 1110. The van der Waals surface area contributed by atoms with E-state index in [1.165, 1.54) is 16.7 Å². The summed E-state index contributed by atoms with van der Waals surface area (Å²) in [5.41, 5.74) is 4.41. The summed E-state index contributed by atoms with van der Waals surface area (Å²) < 4.78 is 0. The molecule has 5 heteroatoms. The maximum atomic E-state index is 12.4. The summed E-state index contributed by atoms with van der Waals surface area (Å²) in [4.78, 5) is 16.9. The minimum atomic E-state index is -0.389. The van der Waals surface area contributed by atoms with Crippen molar-refractivity contribution in [3.63, 3.8) is 0 Å². The van der Waals surface area contributed by atoms with E-state index in [4.69, 9.17) is 0 Å². The molecule has 1 N–H and O–H groups in total. The lowest BCUT2D eigenvalue weighted by molar-refractivity contribution is -0.126. The van der Waals surface area contributed by atoms with Crippen molar-refractivity contribution >= 4 is 23.8 Å². The molecule has 0 bridgehead atoms. The Balaban J connectivity index is 0.000000260. The van der Waals surface area contributed by atoms with Gasteiger partial charge in [0.1, 0.15) is 11.5 Å². The van der Waals surface area contributed by atoms with Crippen molar-refractivity contribution in [2.24, 2.45) is 0 Å². The fourth-order valence-electron chi connectivity index (χ4n) is 4.86. The van der Waals surface area contributed by atoms with Crippen molar-refractivity contribution in [2.45, 2.75) is 44.6 Å². The molecule has 0 radical (unpaired) electrons. The molecule has 1 aliphatic heterocycles. The van der Waals surface area contributed by atoms with Crippen LogP contribution in [0.3, 0.4) is 0 Å². The van der Waals surface area contributed by atoms with Crippen LogP contribution in [-0.4, -0.2) is 61.0 Å². The Kier molecular flexibility index (Phi) is 12.2. The van der Waals surface area contributed by atoms with Gasteiger partial charge in [-0.15, -0.1) is 12.4 Å². The quantitative estimate of drug-likeness (QED) is 0.361. The smallest absolute Gasteiger partial charge is 0.143 e. The van der Waals surface area contributed by atoms with Crippen LogP contribution in [0.4, 0.5) is 0 Å². The standard InChI is InChI=1S/C18H21N.C15H21NO2.ClH/c1-15(19(2)3)14-18(16-10-6-4-7-11-16)17-12-8-5-9-13-17;1-3-14(18)15(7-9-16(2)10-8-15)12-5-4-6-13(17)11-12;/h4-15H,1-3H3;4-6,11,17H,3,7-10H2,1-2H3;1H. The van der Waals surface area contributed by atoms with Gasteiger partial charge in [0, 0.05) is 12.5 Å². The van der Waals surface area contributed by atoms with Crippen molar-refractivity contribution < 1.29 is 9.90 Å². The van der Waals surface area contributed by atoms with Crippen molar-refractivity contribution in [3.05, 3.63) is 108 Å². The first kappa shape index (κ1) is 31.3. The molecule has 0 aromatic heterocycles. The van der Waals surface area contributed by atoms with E-state index in [2.05, 4.69) is 105 Å². The molecule has 3 aromatic rings. The van der Waals surface area contributed by atoms with Crippen LogP contribution in [0.25, 0.3) is 5.57 Å². The van der Waals surface area contributed by atoms with Crippen molar-refractivity contribution in [2.75, 3.05) is 34.2 Å². The van der Waals surface area contributed by atoms with Crippen LogP contribution in [0.5, 0.6) is 5.75 Å². The van der Waals surface area contributed by atoms with Gasteiger partial charge in [0.25, 0.3) is 0 Å². The van der Waals surface area contributed by atoms with Gasteiger partial charge in [-0.1, -0.05) is 85.8 Å². The highest BCUT2D eigenvalue weighted by Crippen LogP contribution is 2.38. The third-order valence-corrected chi connectivity index (χ3v) is 7.49. The van der Waals surface area contributed by atoms with Gasteiger partial charge in [-0.25, -0.2) is 0 Å². The van der Waals surface area contributed by atoms with Crippen LogP contribution in [0.15, 0.2) is 91.0 Å². The van der Waals surface area contributed by atoms with E-state index in [-0.39, 0.29) is 23.6 Å². The maximum absolute atomic E-state index is 12.4. The van der Waals surface area contributed by atoms with Gasteiger partial charge < -0.3 is 14.9 Å². The number of rotatable bonds is 7. The molecular formula is C33H43ClN2O2. The number of halogens is 1. The molecular weight excluding hydrogens is 492 g/mol. The van der Waals surface area contributed by atoms with E-state index >= 15 is 0 Å². The second kappa shape index (κ2) is 14.9. The highest BCUT2D eigenvalue weighted by Gasteiger charge is 2.41. The zero-order valence-corrected chi connectivity index (χ0v) is 24.2. The number of hydrogen-bond acceptors (Lipinski definition) is 4. The number of piperidine rings is 1. The zero-order valence-electron chi connectivity index (χ0n) is 23.4. The predicted octanol–water partition coefficient (Wildman–Crippen LogP) is 6.82. The molecule has 1 fully saturated rings. The van der Waals surface area contributed by atoms with Crippen LogP contribution in [0, 0.1) is 0 Å². The third kappa shape index (κ3) is 8.04. The average molecular weight is 535 g/mol.